The number of benzene rings is 2. The summed E-state index contributed by atoms with van der Waals surface area (Å²) in [4.78, 5) is 27.7. The van der Waals surface area contributed by atoms with Crippen molar-refractivity contribution in [1.82, 2.24) is 10.2 Å². The van der Waals surface area contributed by atoms with Crippen molar-refractivity contribution in [3.05, 3.63) is 81.8 Å². The van der Waals surface area contributed by atoms with E-state index < -0.39 is 0 Å². The molecular formula is C26H29FN2O4S. The third-order valence-corrected chi connectivity index (χ3v) is 6.10. The molecule has 0 aliphatic heterocycles. The van der Waals surface area contributed by atoms with Gasteiger partial charge in [-0.1, -0.05) is 12.1 Å². The highest BCUT2D eigenvalue weighted by Gasteiger charge is 2.14. The number of ether oxygens (including phenoxy) is 2. The Labute approximate surface area is 203 Å². The maximum atomic E-state index is 13.0. The number of thiophene rings is 1. The zero-order valence-electron chi connectivity index (χ0n) is 19.4. The molecule has 3 aromatic rings. The average Bonchev–Trinajstić information content (AvgIpc) is 3.38. The summed E-state index contributed by atoms with van der Waals surface area (Å²) in [5, 5.41) is 4.77. The summed E-state index contributed by atoms with van der Waals surface area (Å²) in [7, 11) is 1.60. The molecule has 0 saturated carbocycles. The molecule has 0 unspecified atom stereocenters. The van der Waals surface area contributed by atoms with E-state index in [4.69, 9.17) is 9.47 Å². The Bertz CT molecular complexity index is 1070. The molecule has 0 aliphatic carbocycles. The Morgan fingerprint density at radius 1 is 1.09 bits per heavy atom. The summed E-state index contributed by atoms with van der Waals surface area (Å²) < 4.78 is 24.3. The predicted molar refractivity (Wildman–Crippen MR) is 131 cm³/mol. The van der Waals surface area contributed by atoms with Gasteiger partial charge >= 0.3 is 0 Å². The van der Waals surface area contributed by atoms with Crippen molar-refractivity contribution in [3.8, 4) is 11.5 Å². The van der Waals surface area contributed by atoms with Gasteiger partial charge in [0.1, 0.15) is 12.4 Å². The highest BCUT2D eigenvalue weighted by molar-refractivity contribution is 7.09. The van der Waals surface area contributed by atoms with Crippen LogP contribution in [0.2, 0.25) is 0 Å². The third kappa shape index (κ3) is 7.31. The lowest BCUT2D eigenvalue weighted by atomic mass is 10.1. The summed E-state index contributed by atoms with van der Waals surface area (Å²) in [5.41, 5.74) is 1.33. The first-order valence-electron chi connectivity index (χ1n) is 11.1. The van der Waals surface area contributed by atoms with Gasteiger partial charge in [-0.2, -0.15) is 0 Å². The smallest absolute Gasteiger partial charge is 0.251 e. The first-order valence-corrected chi connectivity index (χ1v) is 12.0. The summed E-state index contributed by atoms with van der Waals surface area (Å²) in [6, 6.07) is 15.1. The molecule has 180 valence electrons. The Morgan fingerprint density at radius 3 is 2.56 bits per heavy atom. The van der Waals surface area contributed by atoms with Crippen molar-refractivity contribution >= 4 is 23.2 Å². The van der Waals surface area contributed by atoms with Crippen LogP contribution in [0.25, 0.3) is 0 Å². The number of rotatable bonds is 12. The van der Waals surface area contributed by atoms with Crippen molar-refractivity contribution in [3.63, 3.8) is 0 Å². The van der Waals surface area contributed by atoms with Gasteiger partial charge in [-0.15, -0.1) is 11.3 Å². The van der Waals surface area contributed by atoms with E-state index in [0.717, 1.165) is 10.4 Å². The van der Waals surface area contributed by atoms with Gasteiger partial charge < -0.3 is 19.7 Å². The molecule has 2 aromatic carbocycles. The molecule has 1 heterocycles. The van der Waals surface area contributed by atoms with Crippen molar-refractivity contribution in [2.75, 3.05) is 20.2 Å². The molecule has 2 amide bonds. The van der Waals surface area contributed by atoms with Crippen molar-refractivity contribution < 1.29 is 23.5 Å². The number of amides is 2. The van der Waals surface area contributed by atoms with Crippen molar-refractivity contribution in [2.45, 2.75) is 32.9 Å². The molecule has 1 aromatic heterocycles. The molecule has 0 aliphatic rings. The second-order valence-electron chi connectivity index (χ2n) is 7.63. The van der Waals surface area contributed by atoms with Crippen LogP contribution in [0, 0.1) is 5.82 Å². The minimum atomic E-state index is -0.389. The molecule has 3 rings (SSSR count). The summed E-state index contributed by atoms with van der Waals surface area (Å²) in [5.74, 6) is 0.621. The molecule has 0 saturated heterocycles. The Kier molecular flexibility index (Phi) is 9.46. The Morgan fingerprint density at radius 2 is 1.88 bits per heavy atom. The molecule has 0 radical (unpaired) electrons. The highest BCUT2D eigenvalue weighted by Crippen LogP contribution is 2.30. The van der Waals surface area contributed by atoms with Crippen LogP contribution in [0.15, 0.2) is 60.0 Å². The summed E-state index contributed by atoms with van der Waals surface area (Å²) in [6.45, 7) is 3.80. The van der Waals surface area contributed by atoms with Crippen molar-refractivity contribution in [2.24, 2.45) is 0 Å². The molecule has 0 atom stereocenters. The monoisotopic (exact) mass is 484 g/mol. The molecule has 34 heavy (non-hydrogen) atoms. The molecule has 8 heteroatoms. The van der Waals surface area contributed by atoms with Gasteiger partial charge in [-0.25, -0.2) is 4.39 Å². The van der Waals surface area contributed by atoms with Gasteiger partial charge in [0.2, 0.25) is 5.91 Å². The van der Waals surface area contributed by atoms with Crippen LogP contribution >= 0.6 is 11.3 Å². The van der Waals surface area contributed by atoms with Crippen LogP contribution in [0.4, 0.5) is 4.39 Å². The van der Waals surface area contributed by atoms with Gasteiger partial charge in [-0.3, -0.25) is 9.59 Å². The first kappa shape index (κ1) is 25.2. The fraction of sp³-hybridized carbons (Fsp3) is 0.308. The van der Waals surface area contributed by atoms with E-state index in [2.05, 4.69) is 5.32 Å². The maximum absolute atomic E-state index is 13.0. The van der Waals surface area contributed by atoms with Gasteiger partial charge in [0.15, 0.2) is 11.5 Å². The molecular weight excluding hydrogens is 455 g/mol. The zero-order chi connectivity index (χ0) is 24.3. The lowest BCUT2D eigenvalue weighted by Gasteiger charge is -2.22. The summed E-state index contributed by atoms with van der Waals surface area (Å²) >= 11 is 1.64. The van der Waals surface area contributed by atoms with E-state index in [1.807, 2.05) is 42.6 Å². The van der Waals surface area contributed by atoms with Crippen LogP contribution < -0.4 is 14.8 Å². The van der Waals surface area contributed by atoms with E-state index in [9.17, 15) is 14.0 Å². The second kappa shape index (κ2) is 12.7. The topological polar surface area (TPSA) is 67.9 Å². The largest absolute Gasteiger partial charge is 0.493 e. The fourth-order valence-corrected chi connectivity index (χ4v) is 3.99. The van der Waals surface area contributed by atoms with Crippen LogP contribution in [-0.2, 0) is 17.9 Å². The lowest BCUT2D eigenvalue weighted by Crippen LogP contribution is -2.31. The Balaban J connectivity index is 1.47. The van der Waals surface area contributed by atoms with Gasteiger partial charge in [0, 0.05) is 36.5 Å². The zero-order valence-corrected chi connectivity index (χ0v) is 20.2. The van der Waals surface area contributed by atoms with Gasteiger partial charge in [0.25, 0.3) is 5.91 Å². The van der Waals surface area contributed by atoms with Gasteiger partial charge in [-0.05, 0) is 66.8 Å². The number of carbonyl (C=O) groups is 2. The number of nitrogens with zero attached hydrogens (tertiary/aromatic N) is 1. The highest BCUT2D eigenvalue weighted by atomic mass is 32.1. The number of carbonyl (C=O) groups excluding carboxylic acids is 2. The minimum Gasteiger partial charge on any atom is -0.493 e. The minimum absolute atomic E-state index is 0.00974. The normalized spacial score (nSPS) is 10.6. The number of methoxy groups -OCH3 is 1. The average molecular weight is 485 g/mol. The lowest BCUT2D eigenvalue weighted by molar-refractivity contribution is -0.131. The van der Waals surface area contributed by atoms with E-state index in [-0.39, 0.29) is 17.6 Å². The number of hydrogen-bond acceptors (Lipinski definition) is 5. The summed E-state index contributed by atoms with van der Waals surface area (Å²) in [6.07, 6.45) is 0.831. The number of hydrogen-bond donors (Lipinski definition) is 1. The molecule has 0 bridgehead atoms. The fourth-order valence-electron chi connectivity index (χ4n) is 3.37. The third-order valence-electron chi connectivity index (χ3n) is 5.25. The van der Waals surface area contributed by atoms with Gasteiger partial charge in [0.05, 0.1) is 7.11 Å². The maximum Gasteiger partial charge on any atom is 0.251 e. The SMILES string of the molecule is CCN(Cc1ccc(OCc2cccs2)c(OC)c1)C(=O)CCCNC(=O)c1ccc(F)cc1. The second-order valence-corrected chi connectivity index (χ2v) is 8.66. The van der Waals surface area contributed by atoms with E-state index in [0.29, 0.717) is 56.1 Å². The Hall–Kier alpha value is -3.39. The van der Waals surface area contributed by atoms with Crippen LogP contribution in [0.3, 0.4) is 0 Å². The predicted octanol–water partition coefficient (Wildman–Crippen LogP) is 5.03. The first-order chi connectivity index (χ1) is 16.5. The molecule has 6 nitrogen and oxygen atoms in total. The van der Waals surface area contributed by atoms with Crippen LogP contribution in [-0.4, -0.2) is 36.9 Å². The molecule has 0 spiro atoms. The van der Waals surface area contributed by atoms with Crippen LogP contribution in [0.1, 0.15) is 40.6 Å². The van der Waals surface area contributed by atoms with E-state index >= 15 is 0 Å². The number of halogens is 1. The molecule has 1 N–H and O–H groups in total. The number of nitrogens with one attached hydrogen (secondary N) is 1. The van der Waals surface area contributed by atoms with E-state index in [1.54, 1.807) is 23.3 Å². The standard InChI is InChI=1S/C26H29FN2O4S/c1-3-29(25(30)7-4-14-28-26(31)20-9-11-21(27)12-10-20)17-19-8-13-23(24(16-19)32-2)33-18-22-6-5-15-34-22/h5-6,8-13,15-16H,3-4,7,14,17-18H2,1-2H3,(H,28,31). The van der Waals surface area contributed by atoms with Crippen LogP contribution in [0.5, 0.6) is 11.5 Å². The van der Waals surface area contributed by atoms with Crippen molar-refractivity contribution in [1.29, 1.82) is 0 Å². The molecule has 0 fully saturated rings. The quantitative estimate of drug-likeness (QED) is 0.366. The van der Waals surface area contributed by atoms with E-state index in [1.165, 1.54) is 24.3 Å².